The van der Waals surface area contributed by atoms with Gasteiger partial charge in [-0.15, -0.1) is 0 Å². The van der Waals surface area contributed by atoms with Gasteiger partial charge in [0.05, 0.1) is 12.2 Å². The van der Waals surface area contributed by atoms with E-state index in [0.29, 0.717) is 0 Å². The van der Waals surface area contributed by atoms with E-state index < -0.39 is 22.0 Å². The fraction of sp³-hybridized carbons (Fsp3) is 0.429. The van der Waals surface area contributed by atoms with Gasteiger partial charge in [0.1, 0.15) is 0 Å². The van der Waals surface area contributed by atoms with Gasteiger partial charge in [0.2, 0.25) is 10.0 Å². The van der Waals surface area contributed by atoms with Gasteiger partial charge in [-0.1, -0.05) is 30.3 Å². The molecule has 1 aromatic rings. The van der Waals surface area contributed by atoms with Crippen molar-refractivity contribution in [3.8, 4) is 0 Å². The van der Waals surface area contributed by atoms with Crippen LogP contribution in [0.25, 0.3) is 0 Å². The van der Waals surface area contributed by atoms with Crippen LogP contribution >= 0.6 is 0 Å². The van der Waals surface area contributed by atoms with Crippen molar-refractivity contribution in [3.63, 3.8) is 0 Å². The summed E-state index contributed by atoms with van der Waals surface area (Å²) in [4.78, 5) is 23.2. The zero-order chi connectivity index (χ0) is 17.3. The minimum absolute atomic E-state index is 0.0552. The van der Waals surface area contributed by atoms with Gasteiger partial charge in [-0.25, -0.2) is 17.9 Å². The molecule has 0 aliphatic carbocycles. The number of carboxylic acid groups (broad SMARTS) is 1. The van der Waals surface area contributed by atoms with Crippen molar-refractivity contribution >= 4 is 22.0 Å². The molecule has 0 aliphatic heterocycles. The molecule has 0 bridgehead atoms. The quantitative estimate of drug-likeness (QED) is 0.593. The third-order valence-electron chi connectivity index (χ3n) is 2.99. The maximum atomic E-state index is 11.8. The summed E-state index contributed by atoms with van der Waals surface area (Å²) in [6.45, 7) is 0.191. The molecule has 128 valence electrons. The normalized spacial score (nSPS) is 11.0. The number of hydrogen-bond acceptors (Lipinski definition) is 4. The topological polar surface area (TPSA) is 116 Å². The smallest absolute Gasteiger partial charge is 0.317 e. The summed E-state index contributed by atoms with van der Waals surface area (Å²) in [5.41, 5.74) is 0.841. The molecule has 0 heterocycles. The Hall–Kier alpha value is -2.13. The van der Waals surface area contributed by atoms with Gasteiger partial charge in [0, 0.05) is 26.7 Å². The predicted octanol–water partition coefficient (Wildman–Crippen LogP) is 0.222. The van der Waals surface area contributed by atoms with E-state index in [0.717, 1.165) is 5.56 Å². The summed E-state index contributed by atoms with van der Waals surface area (Å²) >= 11 is 0. The second-order valence-electron chi connectivity index (χ2n) is 4.92. The molecule has 8 nitrogen and oxygen atoms in total. The molecule has 0 spiro atoms. The number of sulfonamides is 1. The number of urea groups is 1. The van der Waals surface area contributed by atoms with Gasteiger partial charge in [0.25, 0.3) is 0 Å². The molecule has 9 heteroatoms. The van der Waals surface area contributed by atoms with Crippen LogP contribution in [0.15, 0.2) is 30.3 Å². The molecular formula is C14H21N3O5S. The standard InChI is InChI=1S/C14H21N3O5S/c1-17(9-7-13(18)19)14(20)15-8-10-23(21,22)16-11-12-5-3-2-4-6-12/h2-6,16H,7-11H2,1H3,(H,15,20)(H,18,19). The van der Waals surface area contributed by atoms with Crippen molar-refractivity contribution in [2.75, 3.05) is 25.9 Å². The highest BCUT2D eigenvalue weighted by Gasteiger charge is 2.13. The van der Waals surface area contributed by atoms with Crippen molar-refractivity contribution in [2.24, 2.45) is 0 Å². The zero-order valence-corrected chi connectivity index (χ0v) is 13.7. The molecule has 23 heavy (non-hydrogen) atoms. The van der Waals surface area contributed by atoms with Crippen LogP contribution in [0.1, 0.15) is 12.0 Å². The van der Waals surface area contributed by atoms with E-state index in [1.54, 1.807) is 0 Å². The Kier molecular flexibility index (Phi) is 7.49. The summed E-state index contributed by atoms with van der Waals surface area (Å²) < 4.78 is 26.1. The van der Waals surface area contributed by atoms with Gasteiger partial charge in [-0.2, -0.15) is 0 Å². The number of rotatable bonds is 9. The maximum absolute atomic E-state index is 11.8. The van der Waals surface area contributed by atoms with Crippen LogP contribution in [0.3, 0.4) is 0 Å². The third kappa shape index (κ3) is 8.17. The lowest BCUT2D eigenvalue weighted by molar-refractivity contribution is -0.137. The summed E-state index contributed by atoms with van der Waals surface area (Å²) in [7, 11) is -2.06. The Balaban J connectivity index is 2.30. The number of aliphatic carboxylic acids is 1. The zero-order valence-electron chi connectivity index (χ0n) is 12.9. The third-order valence-corrected chi connectivity index (χ3v) is 4.32. The summed E-state index contributed by atoms with van der Waals surface area (Å²) in [5.74, 6) is -1.25. The van der Waals surface area contributed by atoms with Crippen molar-refractivity contribution in [3.05, 3.63) is 35.9 Å². The highest BCUT2D eigenvalue weighted by atomic mass is 32.2. The Bertz CT molecular complexity index is 619. The highest BCUT2D eigenvalue weighted by molar-refractivity contribution is 7.89. The second-order valence-corrected chi connectivity index (χ2v) is 6.85. The summed E-state index contributed by atoms with van der Waals surface area (Å²) in [6, 6.07) is 8.58. The van der Waals surface area contributed by atoms with E-state index in [2.05, 4.69) is 10.0 Å². The Morgan fingerprint density at radius 2 is 1.87 bits per heavy atom. The highest BCUT2D eigenvalue weighted by Crippen LogP contribution is 1.98. The van der Waals surface area contributed by atoms with Gasteiger partial charge >= 0.3 is 12.0 Å². The lowest BCUT2D eigenvalue weighted by atomic mass is 10.2. The first kappa shape index (κ1) is 18.9. The number of amides is 2. The Morgan fingerprint density at radius 3 is 2.48 bits per heavy atom. The number of carbonyl (C=O) groups is 2. The molecule has 1 rings (SSSR count). The molecule has 0 fully saturated rings. The number of benzene rings is 1. The Labute approximate surface area is 135 Å². The van der Waals surface area contributed by atoms with Gasteiger partial charge < -0.3 is 15.3 Å². The molecule has 2 amide bonds. The van der Waals surface area contributed by atoms with Gasteiger partial charge in [-0.3, -0.25) is 4.79 Å². The van der Waals surface area contributed by atoms with Crippen LogP contribution in [0.2, 0.25) is 0 Å². The largest absolute Gasteiger partial charge is 0.481 e. The van der Waals surface area contributed by atoms with Crippen molar-refractivity contribution in [2.45, 2.75) is 13.0 Å². The van der Waals surface area contributed by atoms with Crippen molar-refractivity contribution in [1.82, 2.24) is 14.9 Å². The lowest BCUT2D eigenvalue weighted by Gasteiger charge is -2.16. The molecule has 0 unspecified atom stereocenters. The molecule has 0 saturated carbocycles. The molecular weight excluding hydrogens is 322 g/mol. The monoisotopic (exact) mass is 343 g/mol. The number of carboxylic acids is 1. The molecule has 3 N–H and O–H groups in total. The predicted molar refractivity (Wildman–Crippen MR) is 85.4 cm³/mol. The molecule has 0 aromatic heterocycles. The van der Waals surface area contributed by atoms with Crippen LogP contribution in [0.4, 0.5) is 4.79 Å². The Morgan fingerprint density at radius 1 is 1.22 bits per heavy atom. The first-order chi connectivity index (χ1) is 10.8. The average Bonchev–Trinajstić information content (AvgIpc) is 2.51. The number of nitrogens with zero attached hydrogens (tertiary/aromatic N) is 1. The van der Waals surface area contributed by atoms with Crippen molar-refractivity contribution < 1.29 is 23.1 Å². The number of nitrogens with one attached hydrogen (secondary N) is 2. The van der Waals surface area contributed by atoms with E-state index in [1.807, 2.05) is 30.3 Å². The van der Waals surface area contributed by atoms with Crippen molar-refractivity contribution in [1.29, 1.82) is 0 Å². The van der Waals surface area contributed by atoms with E-state index in [1.165, 1.54) is 11.9 Å². The van der Waals surface area contributed by atoms with Crippen LogP contribution < -0.4 is 10.0 Å². The van der Waals surface area contributed by atoms with E-state index in [4.69, 9.17) is 5.11 Å². The summed E-state index contributed by atoms with van der Waals surface area (Å²) in [5, 5.41) is 11.0. The van der Waals surface area contributed by atoms with E-state index in [-0.39, 0.29) is 31.8 Å². The van der Waals surface area contributed by atoms with Crippen LogP contribution in [-0.4, -0.2) is 56.3 Å². The van der Waals surface area contributed by atoms with E-state index in [9.17, 15) is 18.0 Å². The minimum atomic E-state index is -3.50. The molecule has 0 aliphatic rings. The van der Waals surface area contributed by atoms with Crippen LogP contribution in [0.5, 0.6) is 0 Å². The molecule has 0 atom stereocenters. The first-order valence-electron chi connectivity index (χ1n) is 7.02. The second kappa shape index (κ2) is 9.11. The number of hydrogen-bond donors (Lipinski definition) is 3. The molecule has 1 aromatic carbocycles. The first-order valence-corrected chi connectivity index (χ1v) is 8.67. The average molecular weight is 343 g/mol. The van der Waals surface area contributed by atoms with Crippen LogP contribution in [0, 0.1) is 0 Å². The number of carbonyl (C=O) groups excluding carboxylic acids is 1. The maximum Gasteiger partial charge on any atom is 0.317 e. The van der Waals surface area contributed by atoms with Gasteiger partial charge in [0.15, 0.2) is 0 Å². The lowest BCUT2D eigenvalue weighted by Crippen LogP contribution is -2.41. The fourth-order valence-corrected chi connectivity index (χ4v) is 2.56. The SMILES string of the molecule is CN(CCC(=O)O)C(=O)NCCS(=O)(=O)NCc1ccccc1. The van der Waals surface area contributed by atoms with E-state index >= 15 is 0 Å². The summed E-state index contributed by atoms with van der Waals surface area (Å²) in [6.07, 6.45) is -0.166. The molecule has 0 radical (unpaired) electrons. The van der Waals surface area contributed by atoms with Gasteiger partial charge in [-0.05, 0) is 5.56 Å². The fourth-order valence-electron chi connectivity index (χ4n) is 1.65. The molecule has 0 saturated heterocycles. The minimum Gasteiger partial charge on any atom is -0.481 e. The van der Waals surface area contributed by atoms with Crippen LogP contribution in [-0.2, 0) is 21.4 Å².